The Labute approximate surface area is 172 Å². The van der Waals surface area contributed by atoms with Crippen molar-refractivity contribution < 1.29 is 21.6 Å². The molecule has 4 nitrogen and oxygen atoms in total. The first-order chi connectivity index (χ1) is 13.5. The maximum atomic E-state index is 12.7. The van der Waals surface area contributed by atoms with Gasteiger partial charge in [0, 0.05) is 20.1 Å². The summed E-state index contributed by atoms with van der Waals surface area (Å²) in [6.07, 6.45) is 5.16. The van der Waals surface area contributed by atoms with Crippen molar-refractivity contribution in [2.45, 2.75) is 43.2 Å². The fourth-order valence-electron chi connectivity index (χ4n) is 3.61. The summed E-state index contributed by atoms with van der Waals surface area (Å²) in [6.45, 7) is 1.31. The molecule has 0 aliphatic heterocycles. The lowest BCUT2D eigenvalue weighted by molar-refractivity contribution is -0.137. The van der Waals surface area contributed by atoms with Crippen LogP contribution in [0.1, 0.15) is 37.7 Å². The molecule has 0 heterocycles. The highest BCUT2D eigenvalue weighted by atomic mass is 32.2. The lowest BCUT2D eigenvalue weighted by atomic mass is 9.80. The van der Waals surface area contributed by atoms with Crippen LogP contribution in [0, 0.1) is 11.8 Å². The summed E-state index contributed by atoms with van der Waals surface area (Å²) in [6, 6.07) is 3.68. The number of halogens is 3. The van der Waals surface area contributed by atoms with Crippen LogP contribution < -0.4 is 0 Å². The van der Waals surface area contributed by atoms with Gasteiger partial charge in [-0.3, -0.25) is 0 Å². The minimum Gasteiger partial charge on any atom is -0.306 e. The molecule has 1 aliphatic carbocycles. The molecule has 1 aromatic carbocycles. The van der Waals surface area contributed by atoms with Crippen molar-refractivity contribution >= 4 is 10.0 Å². The summed E-state index contributed by atoms with van der Waals surface area (Å²) in [4.78, 5) is 2.01. The van der Waals surface area contributed by atoms with Crippen LogP contribution in [0.25, 0.3) is 0 Å². The number of allylic oxidation sites excluding steroid dienone is 1. The van der Waals surface area contributed by atoms with E-state index in [1.54, 1.807) is 0 Å². The molecule has 0 spiro atoms. The van der Waals surface area contributed by atoms with Crippen LogP contribution >= 0.6 is 0 Å². The van der Waals surface area contributed by atoms with E-state index in [0.29, 0.717) is 18.4 Å². The van der Waals surface area contributed by atoms with Gasteiger partial charge in [0.2, 0.25) is 10.0 Å². The number of benzene rings is 1. The van der Waals surface area contributed by atoms with E-state index in [2.05, 4.69) is 17.1 Å². The van der Waals surface area contributed by atoms with Gasteiger partial charge in [-0.25, -0.2) is 12.7 Å². The van der Waals surface area contributed by atoms with Gasteiger partial charge in [0.1, 0.15) is 0 Å². The quantitative estimate of drug-likeness (QED) is 0.562. The normalized spacial score (nSPS) is 21.4. The first-order valence-corrected chi connectivity index (χ1v) is 11.4. The van der Waals surface area contributed by atoms with E-state index in [0.717, 1.165) is 62.9 Å². The maximum absolute atomic E-state index is 12.7. The van der Waals surface area contributed by atoms with Gasteiger partial charge in [-0.1, -0.05) is 12.2 Å². The van der Waals surface area contributed by atoms with Gasteiger partial charge in [0.05, 0.1) is 10.5 Å². The Hall–Kier alpha value is -1.38. The zero-order valence-electron chi connectivity index (χ0n) is 17.3. The lowest BCUT2D eigenvalue weighted by Crippen LogP contribution is -2.29. The van der Waals surface area contributed by atoms with Gasteiger partial charge in [0.15, 0.2) is 0 Å². The van der Waals surface area contributed by atoms with Gasteiger partial charge in [0.25, 0.3) is 0 Å². The number of rotatable bonds is 8. The Kier molecular flexibility index (Phi) is 8.31. The molecule has 0 aromatic heterocycles. The molecular formula is C21H31F3N2O2S. The smallest absolute Gasteiger partial charge is 0.306 e. The zero-order chi connectivity index (χ0) is 21.7. The molecule has 164 valence electrons. The molecule has 0 unspecified atom stereocenters. The summed E-state index contributed by atoms with van der Waals surface area (Å²) < 4.78 is 64.5. The predicted octanol–water partition coefficient (Wildman–Crippen LogP) is 4.64. The summed E-state index contributed by atoms with van der Waals surface area (Å²) in [5.74, 6) is 1.08. The standard InChI is InChI=1S/C21H31F3N2O2S/c1-25(2)15-4-5-17-6-8-18(9-7-17)14-16-26(3)29(27,28)20-12-10-19(11-13-20)21(22,23)24/h4-5,10-13,17-18H,6-9,14-16H2,1-3H3. The van der Waals surface area contributed by atoms with Gasteiger partial charge in [-0.2, -0.15) is 13.2 Å². The van der Waals surface area contributed by atoms with Crippen molar-refractivity contribution in [3.63, 3.8) is 0 Å². The molecule has 1 fully saturated rings. The third-order valence-corrected chi connectivity index (χ3v) is 7.38. The Morgan fingerprint density at radius 3 is 2.14 bits per heavy atom. The van der Waals surface area contributed by atoms with Crippen LogP contribution in [0.4, 0.5) is 13.2 Å². The molecule has 2 rings (SSSR count). The molecule has 0 saturated heterocycles. The van der Waals surface area contributed by atoms with Crippen molar-refractivity contribution in [1.29, 1.82) is 0 Å². The number of likely N-dealkylation sites (N-methyl/N-ethyl adjacent to an activating group) is 1. The number of alkyl halides is 3. The zero-order valence-corrected chi connectivity index (χ0v) is 18.1. The van der Waals surface area contributed by atoms with Crippen LogP contribution in [0.3, 0.4) is 0 Å². The van der Waals surface area contributed by atoms with E-state index in [1.807, 2.05) is 14.1 Å². The topological polar surface area (TPSA) is 40.6 Å². The Balaban J connectivity index is 1.84. The highest BCUT2D eigenvalue weighted by molar-refractivity contribution is 7.89. The van der Waals surface area contributed by atoms with Crippen LogP contribution in [0.2, 0.25) is 0 Å². The Bertz CT molecular complexity index is 766. The van der Waals surface area contributed by atoms with Gasteiger partial charge in [-0.05, 0) is 82.3 Å². The molecule has 29 heavy (non-hydrogen) atoms. The highest BCUT2D eigenvalue weighted by Gasteiger charge is 2.31. The van der Waals surface area contributed by atoms with Crippen molar-refractivity contribution in [2.75, 3.05) is 34.2 Å². The van der Waals surface area contributed by atoms with E-state index in [4.69, 9.17) is 0 Å². The molecule has 8 heteroatoms. The fraction of sp³-hybridized carbons (Fsp3) is 0.619. The second kappa shape index (κ2) is 10.1. The highest BCUT2D eigenvalue weighted by Crippen LogP contribution is 2.32. The van der Waals surface area contributed by atoms with E-state index in [9.17, 15) is 21.6 Å². The monoisotopic (exact) mass is 432 g/mol. The van der Waals surface area contributed by atoms with Crippen LogP contribution in [0.5, 0.6) is 0 Å². The van der Waals surface area contributed by atoms with Gasteiger partial charge >= 0.3 is 6.18 Å². The number of nitrogens with zero attached hydrogens (tertiary/aromatic N) is 2. The third kappa shape index (κ3) is 7.12. The summed E-state index contributed by atoms with van der Waals surface area (Å²) in [7, 11) is 1.78. The molecule has 0 atom stereocenters. The molecule has 0 bridgehead atoms. The largest absolute Gasteiger partial charge is 0.416 e. The Morgan fingerprint density at radius 1 is 1.03 bits per heavy atom. The molecule has 0 N–H and O–H groups in total. The van der Waals surface area contributed by atoms with Crippen LogP contribution in [-0.2, 0) is 16.2 Å². The maximum Gasteiger partial charge on any atom is 0.416 e. The van der Waals surface area contributed by atoms with Gasteiger partial charge < -0.3 is 4.90 Å². The average Bonchev–Trinajstić information content (AvgIpc) is 2.66. The Morgan fingerprint density at radius 2 is 1.62 bits per heavy atom. The second-order valence-corrected chi connectivity index (χ2v) is 10.2. The van der Waals surface area contributed by atoms with Crippen molar-refractivity contribution in [3.8, 4) is 0 Å². The van der Waals surface area contributed by atoms with Crippen molar-refractivity contribution in [1.82, 2.24) is 9.21 Å². The summed E-state index contributed by atoms with van der Waals surface area (Å²) in [5, 5.41) is 0. The average molecular weight is 433 g/mol. The van der Waals surface area contributed by atoms with E-state index < -0.39 is 21.8 Å². The lowest BCUT2D eigenvalue weighted by Gasteiger charge is -2.28. The summed E-state index contributed by atoms with van der Waals surface area (Å²) >= 11 is 0. The first-order valence-electron chi connectivity index (χ1n) is 9.95. The minimum absolute atomic E-state index is 0.109. The predicted molar refractivity (Wildman–Crippen MR) is 109 cm³/mol. The second-order valence-electron chi connectivity index (χ2n) is 8.11. The molecule has 0 radical (unpaired) electrons. The number of hydrogen-bond acceptors (Lipinski definition) is 3. The minimum atomic E-state index is -4.48. The molecule has 1 aromatic rings. The van der Waals surface area contributed by atoms with E-state index in [1.165, 1.54) is 11.4 Å². The molecular weight excluding hydrogens is 401 g/mol. The van der Waals surface area contributed by atoms with Crippen molar-refractivity contribution in [2.24, 2.45) is 11.8 Å². The number of hydrogen-bond donors (Lipinski definition) is 0. The molecule has 1 saturated carbocycles. The van der Waals surface area contributed by atoms with Crippen LogP contribution in [-0.4, -0.2) is 51.9 Å². The van der Waals surface area contributed by atoms with Crippen molar-refractivity contribution in [3.05, 3.63) is 42.0 Å². The molecule has 0 amide bonds. The third-order valence-electron chi connectivity index (χ3n) is 5.51. The first kappa shape index (κ1) is 23.9. The summed E-state index contributed by atoms with van der Waals surface area (Å²) in [5.41, 5.74) is -0.851. The SMILES string of the molecule is CN(C)CC=CC1CCC(CCN(C)S(=O)(=O)c2ccc(C(F)(F)F)cc2)CC1. The van der Waals surface area contributed by atoms with Gasteiger partial charge in [-0.15, -0.1) is 0 Å². The number of sulfonamides is 1. The van der Waals surface area contributed by atoms with E-state index >= 15 is 0 Å². The molecule has 1 aliphatic rings. The van der Waals surface area contributed by atoms with Crippen LogP contribution in [0.15, 0.2) is 41.3 Å². The fourth-order valence-corrected chi connectivity index (χ4v) is 4.80. The van der Waals surface area contributed by atoms with E-state index in [-0.39, 0.29) is 4.90 Å².